The third-order valence-electron chi connectivity index (χ3n) is 8.70. The van der Waals surface area contributed by atoms with Gasteiger partial charge in [-0.2, -0.15) is 5.10 Å². The number of hydrogen-bond acceptors (Lipinski definition) is 6. The lowest BCUT2D eigenvalue weighted by atomic mass is 9.77. The molecular weight excluding hydrogens is 630 g/mol. The van der Waals surface area contributed by atoms with E-state index in [1.165, 1.54) is 12.1 Å². The lowest BCUT2D eigenvalue weighted by Crippen LogP contribution is -2.32. The van der Waals surface area contributed by atoms with E-state index >= 15 is 0 Å². The minimum atomic E-state index is -3.97. The van der Waals surface area contributed by atoms with Crippen LogP contribution in [0.1, 0.15) is 46.8 Å². The molecule has 1 N–H and O–H groups in total. The molecule has 0 radical (unpaired) electrons. The number of nitrogens with zero attached hydrogens (tertiary/aromatic N) is 4. The molecule has 0 aromatic heterocycles. The Bertz CT molecular complexity index is 1940. The van der Waals surface area contributed by atoms with Crippen molar-refractivity contribution in [2.75, 3.05) is 42.7 Å². The molecule has 2 unspecified atom stereocenters. The molecule has 8 nitrogen and oxygen atoms in total. The number of hydrazone groups is 1. The van der Waals surface area contributed by atoms with Crippen molar-refractivity contribution in [1.29, 1.82) is 0 Å². The van der Waals surface area contributed by atoms with Crippen molar-refractivity contribution in [3.05, 3.63) is 124 Å². The van der Waals surface area contributed by atoms with Gasteiger partial charge < -0.3 is 9.80 Å². The highest BCUT2D eigenvalue weighted by atomic mass is 35.5. The van der Waals surface area contributed by atoms with Gasteiger partial charge in [0.1, 0.15) is 0 Å². The first kappa shape index (κ1) is 32.3. The van der Waals surface area contributed by atoms with Crippen molar-refractivity contribution in [1.82, 2.24) is 5.01 Å². The first-order valence-electron chi connectivity index (χ1n) is 15.6. The van der Waals surface area contributed by atoms with Crippen molar-refractivity contribution in [3.8, 4) is 0 Å². The van der Waals surface area contributed by atoms with Crippen molar-refractivity contribution < 1.29 is 13.2 Å². The number of halogens is 1. The third kappa shape index (κ3) is 6.92. The van der Waals surface area contributed by atoms with Crippen LogP contribution in [0.3, 0.4) is 0 Å². The summed E-state index contributed by atoms with van der Waals surface area (Å²) in [6.45, 7) is 0. The molecular formula is C37H38ClN5O3S. The molecule has 4 aromatic rings. The Morgan fingerprint density at radius 1 is 0.894 bits per heavy atom. The van der Waals surface area contributed by atoms with E-state index in [2.05, 4.69) is 64.2 Å². The summed E-state index contributed by atoms with van der Waals surface area (Å²) in [5.74, 6) is -0.351. The predicted molar refractivity (Wildman–Crippen MR) is 192 cm³/mol. The summed E-state index contributed by atoms with van der Waals surface area (Å²) in [7, 11) is 4.05. The van der Waals surface area contributed by atoms with E-state index in [0.717, 1.165) is 53.0 Å². The minimum absolute atomic E-state index is 0.00342. The predicted octanol–water partition coefficient (Wildman–Crippen LogP) is 7.71. The van der Waals surface area contributed by atoms with Gasteiger partial charge in [0.25, 0.3) is 15.9 Å². The van der Waals surface area contributed by atoms with Gasteiger partial charge >= 0.3 is 0 Å². The number of sulfonamides is 1. The second kappa shape index (κ2) is 13.3. The van der Waals surface area contributed by atoms with Gasteiger partial charge in [0.15, 0.2) is 0 Å². The van der Waals surface area contributed by atoms with E-state index in [0.29, 0.717) is 10.7 Å². The normalized spacial score (nSPS) is 18.4. The molecule has 1 heterocycles. The van der Waals surface area contributed by atoms with Gasteiger partial charge in [0, 0.05) is 61.8 Å². The minimum Gasteiger partial charge on any atom is -0.378 e. The van der Waals surface area contributed by atoms with Gasteiger partial charge in [-0.15, -0.1) is 0 Å². The number of nitrogens with one attached hydrogen (secondary N) is 1. The number of fused-ring (bicyclic) bond motifs is 1. The molecule has 242 valence electrons. The van der Waals surface area contributed by atoms with E-state index in [1.54, 1.807) is 41.4 Å². The molecule has 2 atom stereocenters. The Hall–Kier alpha value is -4.60. The topological polar surface area (TPSA) is 85.3 Å². The molecule has 1 amide bonds. The summed E-state index contributed by atoms with van der Waals surface area (Å²) in [6, 6.07) is 28.8. The second-order valence-electron chi connectivity index (χ2n) is 12.4. The fraction of sp³-hybridized carbons (Fsp3) is 0.243. The molecule has 4 aromatic carbocycles. The fourth-order valence-electron chi connectivity index (χ4n) is 6.20. The Labute approximate surface area is 282 Å². The van der Waals surface area contributed by atoms with Gasteiger partial charge in [-0.05, 0) is 109 Å². The molecule has 1 saturated carbocycles. The molecule has 10 heteroatoms. The highest BCUT2D eigenvalue weighted by Gasteiger charge is 2.44. The van der Waals surface area contributed by atoms with Crippen molar-refractivity contribution in [2.45, 2.75) is 30.2 Å². The van der Waals surface area contributed by atoms with E-state index in [-0.39, 0.29) is 28.3 Å². The number of hydrogen-bond donors (Lipinski definition) is 1. The standard InChI is InChI=1S/C37H38ClN5O3S/c1-41(2)31-19-11-25(12-20-31)23-27-7-6-10-34-35(27)39-43(36(34)26-13-21-32(22-14-26)42(3)4)37(44)28-8-5-9-33(24-28)47(45,46)40-30-17-15-29(38)16-18-30/h5,8-9,11-24,34,36,40H,6-7,10H2,1-4H3. The summed E-state index contributed by atoms with van der Waals surface area (Å²) >= 11 is 5.97. The zero-order valence-electron chi connectivity index (χ0n) is 26.9. The Morgan fingerprint density at radius 3 is 2.17 bits per heavy atom. The highest BCUT2D eigenvalue weighted by molar-refractivity contribution is 7.92. The summed E-state index contributed by atoms with van der Waals surface area (Å²) in [5.41, 5.74) is 6.89. The van der Waals surface area contributed by atoms with E-state index in [4.69, 9.17) is 16.7 Å². The van der Waals surface area contributed by atoms with E-state index < -0.39 is 10.0 Å². The van der Waals surface area contributed by atoms with Crippen LogP contribution in [0.2, 0.25) is 5.02 Å². The molecule has 1 aliphatic heterocycles. The highest BCUT2D eigenvalue weighted by Crippen LogP contribution is 2.45. The summed E-state index contributed by atoms with van der Waals surface area (Å²) in [6.07, 6.45) is 4.91. The lowest BCUT2D eigenvalue weighted by molar-refractivity contribution is 0.0680. The smallest absolute Gasteiger partial charge is 0.274 e. The number of benzene rings is 4. The van der Waals surface area contributed by atoms with Crippen LogP contribution in [0.4, 0.5) is 17.1 Å². The number of anilines is 3. The van der Waals surface area contributed by atoms with Crippen LogP contribution in [-0.2, 0) is 10.0 Å². The van der Waals surface area contributed by atoms with E-state index in [1.807, 2.05) is 33.1 Å². The first-order valence-corrected chi connectivity index (χ1v) is 17.4. The van der Waals surface area contributed by atoms with Crippen molar-refractivity contribution >= 4 is 56.4 Å². The SMILES string of the molecule is CN(C)c1ccc(C=C2CCCC3C2=NN(C(=O)c2cccc(S(=O)(=O)Nc4ccc(Cl)cc4)c2)C3c2ccc(N(C)C)cc2)cc1. The number of allylic oxidation sites excluding steroid dienone is 1. The number of amides is 1. The average molecular weight is 668 g/mol. The summed E-state index contributed by atoms with van der Waals surface area (Å²) in [5, 5.41) is 7.10. The largest absolute Gasteiger partial charge is 0.378 e. The van der Waals surface area contributed by atoms with Crippen LogP contribution < -0.4 is 14.5 Å². The quantitative estimate of drug-likeness (QED) is 0.208. The van der Waals surface area contributed by atoms with Crippen LogP contribution in [0.25, 0.3) is 6.08 Å². The summed E-state index contributed by atoms with van der Waals surface area (Å²) in [4.78, 5) is 18.4. The van der Waals surface area contributed by atoms with Crippen molar-refractivity contribution in [3.63, 3.8) is 0 Å². The van der Waals surface area contributed by atoms with E-state index in [9.17, 15) is 13.2 Å². The van der Waals surface area contributed by atoms with Crippen LogP contribution >= 0.6 is 11.6 Å². The van der Waals surface area contributed by atoms with Crippen LogP contribution in [0.15, 0.2) is 113 Å². The average Bonchev–Trinajstić information content (AvgIpc) is 3.46. The molecule has 1 aliphatic carbocycles. The monoisotopic (exact) mass is 667 g/mol. The lowest BCUT2D eigenvalue weighted by Gasteiger charge is -2.30. The van der Waals surface area contributed by atoms with Crippen LogP contribution in [-0.4, -0.2) is 53.2 Å². The van der Waals surface area contributed by atoms with Gasteiger partial charge in [-0.3, -0.25) is 9.52 Å². The molecule has 0 saturated heterocycles. The molecule has 0 spiro atoms. The zero-order chi connectivity index (χ0) is 33.3. The summed E-state index contributed by atoms with van der Waals surface area (Å²) < 4.78 is 29.2. The first-order chi connectivity index (χ1) is 22.5. The Morgan fingerprint density at radius 2 is 1.53 bits per heavy atom. The van der Waals surface area contributed by atoms with Gasteiger partial charge in [0.2, 0.25) is 0 Å². The van der Waals surface area contributed by atoms with Gasteiger partial charge in [-0.25, -0.2) is 13.4 Å². The Kier molecular flexibility index (Phi) is 9.12. The molecule has 47 heavy (non-hydrogen) atoms. The fourth-order valence-corrected chi connectivity index (χ4v) is 7.43. The molecule has 2 aliphatic rings. The van der Waals surface area contributed by atoms with Crippen LogP contribution in [0.5, 0.6) is 0 Å². The van der Waals surface area contributed by atoms with Crippen LogP contribution in [0, 0.1) is 5.92 Å². The van der Waals surface area contributed by atoms with Gasteiger partial charge in [-0.1, -0.05) is 41.9 Å². The third-order valence-corrected chi connectivity index (χ3v) is 10.3. The molecule has 1 fully saturated rings. The maximum atomic E-state index is 14.3. The maximum absolute atomic E-state index is 14.3. The number of rotatable bonds is 8. The zero-order valence-corrected chi connectivity index (χ0v) is 28.5. The number of carbonyl (C=O) groups is 1. The van der Waals surface area contributed by atoms with Gasteiger partial charge in [0.05, 0.1) is 16.6 Å². The second-order valence-corrected chi connectivity index (χ2v) is 14.5. The van der Waals surface area contributed by atoms with Crippen molar-refractivity contribution in [2.24, 2.45) is 11.0 Å². The Balaban J connectivity index is 1.37. The maximum Gasteiger partial charge on any atom is 0.274 e. The molecule has 6 rings (SSSR count). The number of carbonyl (C=O) groups excluding carboxylic acids is 1. The molecule has 0 bridgehead atoms.